The van der Waals surface area contributed by atoms with Crippen molar-refractivity contribution in [2.45, 2.75) is 63.8 Å². The molecular weight excluding hydrogens is 601 g/mol. The first-order valence-electron chi connectivity index (χ1n) is 14.9. The second-order valence-corrected chi connectivity index (χ2v) is 15.7. The normalized spacial score (nSPS) is 12.2. The van der Waals surface area contributed by atoms with Crippen molar-refractivity contribution in [3.05, 3.63) is 101 Å². The fourth-order valence-electron chi connectivity index (χ4n) is 5.23. The summed E-state index contributed by atoms with van der Waals surface area (Å²) in [5.41, 5.74) is 4.12. The van der Waals surface area contributed by atoms with Crippen molar-refractivity contribution in [1.82, 2.24) is 19.5 Å². The van der Waals surface area contributed by atoms with E-state index in [0.717, 1.165) is 53.6 Å². The van der Waals surface area contributed by atoms with Crippen LogP contribution in [0.5, 0.6) is 5.75 Å². The Morgan fingerprint density at radius 2 is 1.69 bits per heavy atom. The van der Waals surface area contributed by atoms with Gasteiger partial charge >= 0.3 is 5.97 Å². The van der Waals surface area contributed by atoms with E-state index in [2.05, 4.69) is 65.6 Å². The zero-order valence-corrected chi connectivity index (χ0v) is 27.7. The number of thioether (sulfide) groups is 1. The fourth-order valence-corrected chi connectivity index (χ4v) is 7.30. The van der Waals surface area contributed by atoms with Gasteiger partial charge < -0.3 is 14.4 Å². The van der Waals surface area contributed by atoms with Crippen LogP contribution < -0.4 is 4.74 Å². The van der Waals surface area contributed by atoms with Gasteiger partial charge in [0, 0.05) is 57.2 Å². The van der Waals surface area contributed by atoms with E-state index in [-0.39, 0.29) is 4.75 Å². The second-order valence-electron chi connectivity index (χ2n) is 12.8. The zero-order chi connectivity index (χ0) is 31.8. The molecule has 0 bridgehead atoms. The molecule has 0 fully saturated rings. The van der Waals surface area contributed by atoms with E-state index in [1.807, 2.05) is 36.4 Å². The smallest absolute Gasteiger partial charge is 0.309 e. The number of ether oxygens (including phenoxy) is 1. The van der Waals surface area contributed by atoms with Crippen molar-refractivity contribution < 1.29 is 14.6 Å². The number of aromatic nitrogens is 4. The molecule has 3 heterocycles. The Morgan fingerprint density at radius 3 is 2.38 bits per heavy atom. The SMILES string of the molecule is CC(C)(C)Sc1c(CC(C)(C)C(=O)O)n(Cc2ccc(-c3ncccn3)cc2)c2ccc(OCc3nc4ccccc4s3)cc12. The summed E-state index contributed by atoms with van der Waals surface area (Å²) in [5.74, 6) is 0.616. The Bertz CT molecular complexity index is 1940. The molecule has 7 nitrogen and oxygen atoms in total. The van der Waals surface area contributed by atoms with Gasteiger partial charge in [0.2, 0.25) is 0 Å². The van der Waals surface area contributed by atoms with Crippen molar-refractivity contribution in [1.29, 1.82) is 0 Å². The van der Waals surface area contributed by atoms with E-state index in [0.29, 0.717) is 25.4 Å². The molecule has 0 spiro atoms. The zero-order valence-electron chi connectivity index (χ0n) is 26.1. The summed E-state index contributed by atoms with van der Waals surface area (Å²) in [6.07, 6.45) is 3.86. The van der Waals surface area contributed by atoms with Gasteiger partial charge in [-0.2, -0.15) is 0 Å². The minimum atomic E-state index is -0.958. The number of rotatable bonds is 10. The first kappa shape index (κ1) is 30.8. The predicted molar refractivity (Wildman–Crippen MR) is 183 cm³/mol. The highest BCUT2D eigenvalue weighted by atomic mass is 32.2. The quantitative estimate of drug-likeness (QED) is 0.150. The summed E-state index contributed by atoms with van der Waals surface area (Å²) >= 11 is 3.41. The number of carbonyl (C=O) groups is 1. The highest BCUT2D eigenvalue weighted by Gasteiger charge is 2.33. The monoisotopic (exact) mass is 636 g/mol. The van der Waals surface area contributed by atoms with Crippen LogP contribution in [0.15, 0.2) is 90.1 Å². The molecule has 0 unspecified atom stereocenters. The van der Waals surface area contributed by atoms with Gasteiger partial charge in [0.1, 0.15) is 17.4 Å². The van der Waals surface area contributed by atoms with Crippen LogP contribution in [0.1, 0.15) is 50.9 Å². The van der Waals surface area contributed by atoms with Crippen LogP contribution >= 0.6 is 23.1 Å². The molecule has 3 aromatic heterocycles. The topological polar surface area (TPSA) is 90.1 Å². The maximum atomic E-state index is 12.4. The van der Waals surface area contributed by atoms with Crippen molar-refractivity contribution in [2.24, 2.45) is 5.41 Å². The standard InChI is InChI=1S/C36H36N4O3S2/c1-35(2,3)45-32-26-19-25(43-22-31-39-27-9-6-7-10-30(27)44-31)15-16-28(26)40(29(32)20-36(4,5)34(41)42)21-23-11-13-24(14-12-23)33-37-17-8-18-38-33/h6-19H,20-22H2,1-5H3,(H,41,42). The molecule has 9 heteroatoms. The minimum Gasteiger partial charge on any atom is -0.486 e. The van der Waals surface area contributed by atoms with Gasteiger partial charge in [0.05, 0.1) is 15.6 Å². The molecule has 0 aliphatic heterocycles. The average molecular weight is 637 g/mol. The molecule has 1 N–H and O–H groups in total. The Balaban J connectivity index is 1.41. The molecule has 0 saturated heterocycles. The van der Waals surface area contributed by atoms with Gasteiger partial charge in [0.15, 0.2) is 5.82 Å². The third kappa shape index (κ3) is 6.89. The van der Waals surface area contributed by atoms with Gasteiger partial charge in [-0.05, 0) is 55.8 Å². The number of fused-ring (bicyclic) bond motifs is 2. The Labute approximate surface area is 271 Å². The van der Waals surface area contributed by atoms with E-state index in [1.165, 1.54) is 0 Å². The average Bonchev–Trinajstić information content (AvgIpc) is 3.54. The molecule has 6 aromatic rings. The third-order valence-corrected chi connectivity index (χ3v) is 9.79. The summed E-state index contributed by atoms with van der Waals surface area (Å²) < 4.78 is 9.62. The number of hydrogen-bond acceptors (Lipinski definition) is 7. The van der Waals surface area contributed by atoms with E-state index < -0.39 is 11.4 Å². The van der Waals surface area contributed by atoms with Gasteiger partial charge in [-0.15, -0.1) is 23.1 Å². The summed E-state index contributed by atoms with van der Waals surface area (Å²) in [6, 6.07) is 24.4. The van der Waals surface area contributed by atoms with Crippen LogP contribution in [-0.4, -0.2) is 35.3 Å². The highest BCUT2D eigenvalue weighted by Crippen LogP contribution is 2.44. The molecule has 0 aliphatic rings. The third-order valence-electron chi connectivity index (χ3n) is 7.51. The molecule has 230 valence electrons. The summed E-state index contributed by atoms with van der Waals surface area (Å²) in [6.45, 7) is 11.1. The number of hydrogen-bond donors (Lipinski definition) is 1. The number of para-hydroxylation sites is 1. The fraction of sp³-hybridized carbons (Fsp3) is 0.278. The van der Waals surface area contributed by atoms with Gasteiger partial charge in [-0.1, -0.05) is 57.2 Å². The second kappa shape index (κ2) is 12.3. The number of thiazole rings is 1. The van der Waals surface area contributed by atoms with Crippen LogP contribution in [-0.2, 0) is 24.4 Å². The number of benzene rings is 3. The number of nitrogens with zero attached hydrogens (tertiary/aromatic N) is 4. The van der Waals surface area contributed by atoms with E-state index in [9.17, 15) is 9.90 Å². The van der Waals surface area contributed by atoms with Gasteiger partial charge in [-0.25, -0.2) is 15.0 Å². The largest absolute Gasteiger partial charge is 0.486 e. The first-order valence-corrected chi connectivity index (χ1v) is 16.5. The van der Waals surface area contributed by atoms with Crippen LogP contribution in [0, 0.1) is 5.41 Å². The molecule has 0 atom stereocenters. The molecule has 0 saturated carbocycles. The molecule has 0 radical (unpaired) electrons. The summed E-state index contributed by atoms with van der Waals surface area (Å²) in [4.78, 5) is 26.9. The Kier molecular flexibility index (Phi) is 8.41. The maximum absolute atomic E-state index is 12.4. The number of carboxylic acids is 1. The highest BCUT2D eigenvalue weighted by molar-refractivity contribution is 8.00. The summed E-state index contributed by atoms with van der Waals surface area (Å²) in [7, 11) is 0. The van der Waals surface area contributed by atoms with Crippen LogP contribution in [0.4, 0.5) is 0 Å². The number of aliphatic carboxylic acids is 1. The lowest BCUT2D eigenvalue weighted by Gasteiger charge is -2.24. The van der Waals surface area contributed by atoms with E-state index >= 15 is 0 Å². The minimum absolute atomic E-state index is 0.101. The van der Waals surface area contributed by atoms with Crippen molar-refractivity contribution in [3.63, 3.8) is 0 Å². The Morgan fingerprint density at radius 1 is 0.956 bits per heavy atom. The van der Waals surface area contributed by atoms with Crippen LogP contribution in [0.3, 0.4) is 0 Å². The van der Waals surface area contributed by atoms with Crippen molar-refractivity contribution in [2.75, 3.05) is 0 Å². The van der Waals surface area contributed by atoms with Gasteiger partial charge in [-0.3, -0.25) is 4.79 Å². The lowest BCUT2D eigenvalue weighted by molar-refractivity contribution is -0.146. The van der Waals surface area contributed by atoms with E-state index in [4.69, 9.17) is 9.72 Å². The lowest BCUT2D eigenvalue weighted by Crippen LogP contribution is -2.28. The molecule has 0 aliphatic carbocycles. The maximum Gasteiger partial charge on any atom is 0.309 e. The van der Waals surface area contributed by atoms with Crippen molar-refractivity contribution >= 4 is 50.2 Å². The molecule has 0 amide bonds. The first-order chi connectivity index (χ1) is 21.5. The van der Waals surface area contributed by atoms with E-state index in [1.54, 1.807) is 55.4 Å². The molecule has 45 heavy (non-hydrogen) atoms. The molecular formula is C36H36N4O3S2. The van der Waals surface area contributed by atoms with Crippen LogP contribution in [0.2, 0.25) is 0 Å². The number of carboxylic acid groups (broad SMARTS) is 1. The van der Waals surface area contributed by atoms with Crippen LogP contribution in [0.25, 0.3) is 32.5 Å². The molecule has 3 aromatic carbocycles. The molecule has 6 rings (SSSR count). The van der Waals surface area contributed by atoms with Gasteiger partial charge in [0.25, 0.3) is 0 Å². The van der Waals surface area contributed by atoms with Crippen molar-refractivity contribution in [3.8, 4) is 17.1 Å². The summed E-state index contributed by atoms with van der Waals surface area (Å²) in [5, 5.41) is 12.1. The lowest BCUT2D eigenvalue weighted by atomic mass is 9.88. The predicted octanol–water partition coefficient (Wildman–Crippen LogP) is 8.88. The Hall–Kier alpha value is -4.21.